The number of nitrogens with one attached hydrogen (secondary N) is 1. The van der Waals surface area contributed by atoms with E-state index in [4.69, 9.17) is 12.2 Å². The van der Waals surface area contributed by atoms with Crippen LogP contribution in [0.4, 0.5) is 0 Å². The molecule has 3 rings (SSSR count). The summed E-state index contributed by atoms with van der Waals surface area (Å²) in [5, 5.41) is 1.09. The molecule has 0 atom stereocenters. The van der Waals surface area contributed by atoms with Gasteiger partial charge in [0.15, 0.2) is 4.32 Å². The molecule has 0 unspecified atom stereocenters. The molecule has 0 aromatic heterocycles. The van der Waals surface area contributed by atoms with Crippen LogP contribution < -0.4 is 5.43 Å². The molecule has 1 fully saturated rings. The number of nitrogens with zero attached hydrogens (tertiary/aromatic N) is 1. The molecule has 5 nitrogen and oxygen atoms in total. The molecule has 7 heteroatoms. The summed E-state index contributed by atoms with van der Waals surface area (Å²) >= 11 is 6.32. The van der Waals surface area contributed by atoms with Crippen molar-refractivity contribution >= 4 is 52.5 Å². The lowest BCUT2D eigenvalue weighted by Crippen LogP contribution is -2.45. The highest BCUT2D eigenvalue weighted by Crippen LogP contribution is 2.31. The third-order valence-corrected chi connectivity index (χ3v) is 4.91. The monoisotopic (exact) mass is 382 g/mol. The van der Waals surface area contributed by atoms with Crippen LogP contribution >= 0.6 is 24.0 Å². The second kappa shape index (κ2) is 8.07. The number of carbonyl (C=O) groups excluding carboxylic acids is 3. The summed E-state index contributed by atoms with van der Waals surface area (Å²) in [4.78, 5) is 35.8. The van der Waals surface area contributed by atoms with E-state index in [0.717, 1.165) is 34.2 Å². The normalized spacial score (nSPS) is 15.4. The Morgan fingerprint density at radius 2 is 1.73 bits per heavy atom. The fraction of sp³-hybridized carbons (Fsp3) is 0.0526. The van der Waals surface area contributed by atoms with Gasteiger partial charge in [0.05, 0.1) is 11.3 Å². The Balaban J connectivity index is 1.69. The molecule has 1 N–H and O–H groups in total. The summed E-state index contributed by atoms with van der Waals surface area (Å²) in [6, 6.07) is 16.1. The van der Waals surface area contributed by atoms with Gasteiger partial charge < -0.3 is 0 Å². The molecular weight excluding hydrogens is 368 g/mol. The fourth-order valence-corrected chi connectivity index (χ4v) is 3.51. The Hall–Kier alpha value is -2.77. The van der Waals surface area contributed by atoms with Gasteiger partial charge in [-0.15, -0.1) is 0 Å². The lowest BCUT2D eigenvalue weighted by atomic mass is 10.1. The van der Waals surface area contributed by atoms with Crippen molar-refractivity contribution in [1.82, 2.24) is 10.4 Å². The first kappa shape index (κ1) is 18.0. The molecule has 1 heterocycles. The molecule has 0 saturated carbocycles. The topological polar surface area (TPSA) is 66.5 Å². The molecule has 0 aliphatic carbocycles. The summed E-state index contributed by atoms with van der Waals surface area (Å²) < 4.78 is 0.271. The van der Waals surface area contributed by atoms with Crippen molar-refractivity contribution in [3.63, 3.8) is 0 Å². The Morgan fingerprint density at radius 1 is 1.08 bits per heavy atom. The van der Waals surface area contributed by atoms with Gasteiger partial charge in [-0.05, 0) is 29.4 Å². The van der Waals surface area contributed by atoms with Gasteiger partial charge in [0.2, 0.25) is 5.91 Å². The first-order valence-corrected chi connectivity index (χ1v) is 8.96. The van der Waals surface area contributed by atoms with Crippen LogP contribution in [0, 0.1) is 0 Å². The smallest absolute Gasteiger partial charge is 0.285 e. The minimum Gasteiger partial charge on any atom is -0.298 e. The molecule has 2 aromatic rings. The summed E-state index contributed by atoms with van der Waals surface area (Å²) in [7, 11) is 0. The second-order valence-electron chi connectivity index (χ2n) is 5.50. The SMILES string of the molecule is O=Cc1ccc(/C=C2\SC(=S)N(NC(=O)Cc3ccccc3)C2=O)cc1. The predicted molar refractivity (Wildman–Crippen MR) is 105 cm³/mol. The standard InChI is InChI=1S/C19H14N2O3S2/c22-12-15-8-6-14(7-9-15)10-16-18(24)21(19(25)26-16)20-17(23)11-13-4-2-1-3-5-13/h1-10,12H,11H2,(H,20,23)/b16-10-. The average molecular weight is 382 g/mol. The van der Waals surface area contributed by atoms with E-state index in [0.29, 0.717) is 10.5 Å². The predicted octanol–water partition coefficient (Wildman–Crippen LogP) is 2.97. The highest BCUT2D eigenvalue weighted by molar-refractivity contribution is 8.26. The van der Waals surface area contributed by atoms with Crippen molar-refractivity contribution in [3.8, 4) is 0 Å². The van der Waals surface area contributed by atoms with E-state index in [1.807, 2.05) is 30.3 Å². The van der Waals surface area contributed by atoms with Crippen LogP contribution in [0.5, 0.6) is 0 Å². The fourth-order valence-electron chi connectivity index (χ4n) is 2.33. The van der Waals surface area contributed by atoms with E-state index in [1.165, 1.54) is 0 Å². The molecular formula is C19H14N2O3S2. The second-order valence-corrected chi connectivity index (χ2v) is 7.17. The summed E-state index contributed by atoms with van der Waals surface area (Å²) in [6.07, 6.45) is 2.59. The van der Waals surface area contributed by atoms with E-state index < -0.39 is 0 Å². The number of thioether (sulfide) groups is 1. The van der Waals surface area contributed by atoms with E-state index >= 15 is 0 Å². The minimum absolute atomic E-state index is 0.157. The largest absolute Gasteiger partial charge is 0.298 e. The van der Waals surface area contributed by atoms with Gasteiger partial charge in [0.1, 0.15) is 6.29 Å². The number of thiocarbonyl (C=S) groups is 1. The molecule has 1 saturated heterocycles. The van der Waals surface area contributed by atoms with Gasteiger partial charge in [-0.3, -0.25) is 19.8 Å². The van der Waals surface area contributed by atoms with Crippen LogP contribution in [-0.4, -0.2) is 27.4 Å². The van der Waals surface area contributed by atoms with Crippen molar-refractivity contribution in [3.05, 3.63) is 76.2 Å². The lowest BCUT2D eigenvalue weighted by molar-refractivity contribution is -0.132. The van der Waals surface area contributed by atoms with E-state index in [1.54, 1.807) is 30.3 Å². The van der Waals surface area contributed by atoms with Crippen LogP contribution in [0.1, 0.15) is 21.5 Å². The number of rotatable bonds is 5. The number of aldehydes is 1. The van der Waals surface area contributed by atoms with Crippen molar-refractivity contribution < 1.29 is 14.4 Å². The van der Waals surface area contributed by atoms with Crippen molar-refractivity contribution in [2.45, 2.75) is 6.42 Å². The van der Waals surface area contributed by atoms with Gasteiger partial charge in [0.25, 0.3) is 5.91 Å². The van der Waals surface area contributed by atoms with Crippen molar-refractivity contribution in [1.29, 1.82) is 0 Å². The van der Waals surface area contributed by atoms with E-state index in [2.05, 4.69) is 5.43 Å². The molecule has 2 aromatic carbocycles. The van der Waals surface area contributed by atoms with Crippen LogP contribution in [-0.2, 0) is 16.0 Å². The first-order chi connectivity index (χ1) is 12.6. The number of benzene rings is 2. The van der Waals surface area contributed by atoms with Gasteiger partial charge in [-0.25, -0.2) is 0 Å². The molecule has 26 heavy (non-hydrogen) atoms. The zero-order valence-electron chi connectivity index (χ0n) is 13.5. The van der Waals surface area contributed by atoms with Crippen molar-refractivity contribution in [2.24, 2.45) is 0 Å². The third-order valence-electron chi connectivity index (χ3n) is 3.61. The Morgan fingerprint density at radius 3 is 2.38 bits per heavy atom. The molecule has 0 spiro atoms. The van der Waals surface area contributed by atoms with Crippen LogP contribution in [0.3, 0.4) is 0 Å². The van der Waals surface area contributed by atoms with Gasteiger partial charge >= 0.3 is 0 Å². The van der Waals surface area contributed by atoms with Crippen molar-refractivity contribution in [2.75, 3.05) is 0 Å². The number of amides is 2. The molecule has 0 bridgehead atoms. The highest BCUT2D eigenvalue weighted by Gasteiger charge is 2.33. The van der Waals surface area contributed by atoms with Gasteiger partial charge in [-0.1, -0.05) is 66.4 Å². The van der Waals surface area contributed by atoms with Gasteiger partial charge in [-0.2, -0.15) is 5.01 Å². The number of carbonyl (C=O) groups is 3. The minimum atomic E-state index is -0.374. The third kappa shape index (κ3) is 4.25. The maximum absolute atomic E-state index is 12.5. The Labute approximate surface area is 160 Å². The molecule has 130 valence electrons. The van der Waals surface area contributed by atoms with Gasteiger partial charge in [0, 0.05) is 5.56 Å². The molecule has 2 amide bonds. The number of hydrazine groups is 1. The zero-order valence-corrected chi connectivity index (χ0v) is 15.2. The maximum Gasteiger partial charge on any atom is 0.285 e. The van der Waals surface area contributed by atoms with E-state index in [-0.39, 0.29) is 22.6 Å². The Kier molecular flexibility index (Phi) is 5.60. The number of hydrogen-bond acceptors (Lipinski definition) is 5. The Bertz CT molecular complexity index is 893. The van der Waals surface area contributed by atoms with E-state index in [9.17, 15) is 14.4 Å². The molecule has 1 aliphatic heterocycles. The zero-order chi connectivity index (χ0) is 18.5. The highest BCUT2D eigenvalue weighted by atomic mass is 32.2. The lowest BCUT2D eigenvalue weighted by Gasteiger charge is -2.15. The summed E-state index contributed by atoms with van der Waals surface area (Å²) in [5.41, 5.74) is 4.73. The van der Waals surface area contributed by atoms with Crippen LogP contribution in [0.25, 0.3) is 6.08 Å². The maximum atomic E-state index is 12.5. The quantitative estimate of drug-likeness (QED) is 0.489. The van der Waals surface area contributed by atoms with Crippen LogP contribution in [0.15, 0.2) is 59.5 Å². The van der Waals surface area contributed by atoms with Crippen LogP contribution in [0.2, 0.25) is 0 Å². The number of hydrogen-bond donors (Lipinski definition) is 1. The first-order valence-electron chi connectivity index (χ1n) is 7.73. The summed E-state index contributed by atoms with van der Waals surface area (Å²) in [5.74, 6) is -0.690. The average Bonchev–Trinajstić information content (AvgIpc) is 2.90. The summed E-state index contributed by atoms with van der Waals surface area (Å²) in [6.45, 7) is 0. The molecule has 1 aliphatic rings. The molecule has 0 radical (unpaired) electrons.